The molecule has 0 radical (unpaired) electrons. The maximum absolute atomic E-state index is 11.8. The van der Waals surface area contributed by atoms with E-state index in [0.29, 0.717) is 11.3 Å². The number of hydrogen-bond donors (Lipinski definition) is 2. The fraction of sp³-hybridized carbons (Fsp3) is 0.429. The summed E-state index contributed by atoms with van der Waals surface area (Å²) in [5.74, 6) is -0.550. The molecule has 0 aliphatic rings. The van der Waals surface area contributed by atoms with E-state index >= 15 is 0 Å². The molecule has 0 aromatic heterocycles. The van der Waals surface area contributed by atoms with Gasteiger partial charge in [0, 0.05) is 14.1 Å². The van der Waals surface area contributed by atoms with Gasteiger partial charge in [0.1, 0.15) is 6.04 Å². The molecule has 0 spiro atoms. The van der Waals surface area contributed by atoms with Crippen LogP contribution >= 0.6 is 0 Å². The van der Waals surface area contributed by atoms with Crippen LogP contribution in [0.4, 0.5) is 11.4 Å². The number of nitrogen functional groups attached to an aromatic ring is 1. The van der Waals surface area contributed by atoms with E-state index in [1.54, 1.807) is 46.1 Å². The van der Waals surface area contributed by atoms with Gasteiger partial charge in [-0.15, -0.1) is 0 Å². The second kappa shape index (κ2) is 6.79. The van der Waals surface area contributed by atoms with E-state index in [9.17, 15) is 9.59 Å². The minimum atomic E-state index is -0.472. The molecule has 0 saturated heterocycles. The first-order valence-corrected chi connectivity index (χ1v) is 6.41. The topological polar surface area (TPSA) is 84.7 Å². The smallest absolute Gasteiger partial charge is 0.340 e. The van der Waals surface area contributed by atoms with Gasteiger partial charge in [0.2, 0.25) is 5.91 Å². The van der Waals surface area contributed by atoms with Crippen LogP contribution in [-0.2, 0) is 9.53 Å². The predicted molar refractivity (Wildman–Crippen MR) is 78.6 cm³/mol. The highest BCUT2D eigenvalue weighted by Crippen LogP contribution is 2.24. The van der Waals surface area contributed by atoms with Crippen molar-refractivity contribution in [2.24, 2.45) is 0 Å². The number of para-hydroxylation sites is 1. The van der Waals surface area contributed by atoms with Crippen molar-refractivity contribution in [3.05, 3.63) is 23.8 Å². The van der Waals surface area contributed by atoms with Gasteiger partial charge in [0.05, 0.1) is 23.5 Å². The van der Waals surface area contributed by atoms with Gasteiger partial charge in [-0.05, 0) is 26.0 Å². The van der Waals surface area contributed by atoms with E-state index in [4.69, 9.17) is 10.5 Å². The van der Waals surface area contributed by atoms with Gasteiger partial charge in [-0.25, -0.2) is 4.79 Å². The standard InChI is InChI=1S/C14H21N3O3/c1-5-20-14(19)10-7-6-8-11(12(10)15)16-9(2)13(18)17(3)4/h6-9,16H,5,15H2,1-4H3. The third-order valence-electron chi connectivity index (χ3n) is 2.78. The predicted octanol–water partition coefficient (Wildman–Crippen LogP) is 1.33. The average Bonchev–Trinajstić information content (AvgIpc) is 2.40. The normalized spacial score (nSPS) is 11.6. The van der Waals surface area contributed by atoms with Crippen LogP contribution < -0.4 is 11.1 Å². The molecule has 6 heteroatoms. The van der Waals surface area contributed by atoms with Gasteiger partial charge in [-0.3, -0.25) is 4.79 Å². The lowest BCUT2D eigenvalue weighted by Crippen LogP contribution is -2.36. The Kier molecular flexibility index (Phi) is 5.37. The molecule has 0 fully saturated rings. The van der Waals surface area contributed by atoms with Crippen molar-refractivity contribution >= 4 is 23.3 Å². The molecule has 0 aliphatic heterocycles. The monoisotopic (exact) mass is 279 g/mol. The number of hydrogen-bond acceptors (Lipinski definition) is 5. The summed E-state index contributed by atoms with van der Waals surface area (Å²) in [6.45, 7) is 3.75. The number of carbonyl (C=O) groups excluding carboxylic acids is 2. The van der Waals surface area contributed by atoms with Crippen molar-refractivity contribution in [2.45, 2.75) is 19.9 Å². The first kappa shape index (κ1) is 15.8. The summed E-state index contributed by atoms with van der Waals surface area (Å²) >= 11 is 0. The fourth-order valence-electron chi connectivity index (χ4n) is 1.76. The van der Waals surface area contributed by atoms with Crippen LogP contribution in [0.1, 0.15) is 24.2 Å². The third kappa shape index (κ3) is 3.63. The van der Waals surface area contributed by atoms with Gasteiger partial charge < -0.3 is 20.7 Å². The Labute approximate surface area is 118 Å². The zero-order chi connectivity index (χ0) is 15.3. The molecular formula is C14H21N3O3. The van der Waals surface area contributed by atoms with Crippen LogP contribution in [0, 0.1) is 0 Å². The maximum atomic E-state index is 11.8. The molecule has 1 aromatic carbocycles. The Morgan fingerprint density at radius 2 is 2.05 bits per heavy atom. The molecule has 1 rings (SSSR count). The molecule has 0 heterocycles. The second-order valence-electron chi connectivity index (χ2n) is 4.59. The zero-order valence-corrected chi connectivity index (χ0v) is 12.3. The minimum Gasteiger partial charge on any atom is -0.462 e. The molecule has 0 bridgehead atoms. The number of nitrogens with two attached hydrogens (primary N) is 1. The van der Waals surface area contributed by atoms with Crippen LogP contribution in [0.25, 0.3) is 0 Å². The summed E-state index contributed by atoms with van der Waals surface area (Å²) in [7, 11) is 3.36. The lowest BCUT2D eigenvalue weighted by molar-refractivity contribution is -0.129. The lowest BCUT2D eigenvalue weighted by Gasteiger charge is -2.20. The van der Waals surface area contributed by atoms with E-state index in [-0.39, 0.29) is 18.2 Å². The molecule has 1 unspecified atom stereocenters. The average molecular weight is 279 g/mol. The van der Waals surface area contributed by atoms with Crippen molar-refractivity contribution in [3.8, 4) is 0 Å². The molecule has 1 atom stereocenters. The number of ether oxygens (including phenoxy) is 1. The largest absolute Gasteiger partial charge is 0.462 e. The summed E-state index contributed by atoms with van der Waals surface area (Å²) in [6.07, 6.45) is 0. The van der Waals surface area contributed by atoms with Crippen LogP contribution in [0.5, 0.6) is 0 Å². The van der Waals surface area contributed by atoms with E-state index < -0.39 is 12.0 Å². The molecular weight excluding hydrogens is 258 g/mol. The number of rotatable bonds is 5. The Hall–Kier alpha value is -2.24. The van der Waals surface area contributed by atoms with Gasteiger partial charge in [-0.2, -0.15) is 0 Å². The third-order valence-corrected chi connectivity index (χ3v) is 2.78. The highest BCUT2D eigenvalue weighted by atomic mass is 16.5. The number of nitrogens with zero attached hydrogens (tertiary/aromatic N) is 1. The van der Waals surface area contributed by atoms with Crippen molar-refractivity contribution in [3.63, 3.8) is 0 Å². The highest BCUT2D eigenvalue weighted by molar-refractivity contribution is 5.99. The highest BCUT2D eigenvalue weighted by Gasteiger charge is 2.18. The summed E-state index contributed by atoms with van der Waals surface area (Å²) in [6, 6.07) is 4.57. The van der Waals surface area contributed by atoms with Crippen LogP contribution in [0.15, 0.2) is 18.2 Å². The first-order chi connectivity index (χ1) is 9.38. The maximum Gasteiger partial charge on any atom is 0.340 e. The summed E-state index contributed by atoms with van der Waals surface area (Å²) < 4.78 is 4.93. The zero-order valence-electron chi connectivity index (χ0n) is 12.3. The van der Waals surface area contributed by atoms with Crippen molar-refractivity contribution < 1.29 is 14.3 Å². The van der Waals surface area contributed by atoms with Gasteiger partial charge in [-0.1, -0.05) is 6.07 Å². The number of anilines is 2. The number of benzene rings is 1. The van der Waals surface area contributed by atoms with Crippen molar-refractivity contribution in [1.82, 2.24) is 4.90 Å². The van der Waals surface area contributed by atoms with Gasteiger partial charge in [0.15, 0.2) is 0 Å². The summed E-state index contributed by atoms with van der Waals surface area (Å²) in [4.78, 5) is 25.0. The van der Waals surface area contributed by atoms with Gasteiger partial charge >= 0.3 is 5.97 Å². The number of likely N-dealkylation sites (N-methyl/N-ethyl adjacent to an activating group) is 1. The molecule has 20 heavy (non-hydrogen) atoms. The fourth-order valence-corrected chi connectivity index (χ4v) is 1.76. The molecule has 0 aliphatic carbocycles. The van der Waals surface area contributed by atoms with Crippen molar-refractivity contribution in [2.75, 3.05) is 31.8 Å². The molecule has 1 amide bonds. The Morgan fingerprint density at radius 1 is 1.40 bits per heavy atom. The van der Waals surface area contributed by atoms with Gasteiger partial charge in [0.25, 0.3) is 0 Å². The molecule has 0 saturated carbocycles. The van der Waals surface area contributed by atoms with Crippen LogP contribution in [-0.4, -0.2) is 43.5 Å². The quantitative estimate of drug-likeness (QED) is 0.627. The Morgan fingerprint density at radius 3 is 2.60 bits per heavy atom. The number of carbonyl (C=O) groups is 2. The first-order valence-electron chi connectivity index (χ1n) is 6.41. The lowest BCUT2D eigenvalue weighted by atomic mass is 10.1. The number of amides is 1. The number of esters is 1. The van der Waals surface area contributed by atoms with E-state index in [2.05, 4.69) is 5.32 Å². The Balaban J connectivity index is 2.95. The van der Waals surface area contributed by atoms with E-state index in [0.717, 1.165) is 0 Å². The van der Waals surface area contributed by atoms with Crippen molar-refractivity contribution in [1.29, 1.82) is 0 Å². The summed E-state index contributed by atoms with van der Waals surface area (Å²) in [5, 5.41) is 3.00. The summed E-state index contributed by atoms with van der Waals surface area (Å²) in [5.41, 5.74) is 7.07. The van der Waals surface area contributed by atoms with E-state index in [1.807, 2.05) is 0 Å². The SMILES string of the molecule is CCOC(=O)c1cccc(NC(C)C(=O)N(C)C)c1N. The van der Waals surface area contributed by atoms with Crippen LogP contribution in [0.2, 0.25) is 0 Å². The molecule has 1 aromatic rings. The molecule has 3 N–H and O–H groups in total. The van der Waals surface area contributed by atoms with E-state index in [1.165, 1.54) is 4.90 Å². The molecule has 110 valence electrons. The molecule has 6 nitrogen and oxygen atoms in total. The van der Waals surface area contributed by atoms with Crippen LogP contribution in [0.3, 0.4) is 0 Å². The number of nitrogens with one attached hydrogen (secondary N) is 1. The Bertz CT molecular complexity index is 500. The second-order valence-corrected chi connectivity index (χ2v) is 4.59. The minimum absolute atomic E-state index is 0.0778.